The number of hydrogen-bond donors (Lipinski definition) is 0. The number of hydrogen-bond acceptors (Lipinski definition) is 7. The third kappa shape index (κ3) is 4.22. The zero-order valence-corrected chi connectivity index (χ0v) is 19.4. The Morgan fingerprint density at radius 2 is 1.62 bits per heavy atom. The van der Waals surface area contributed by atoms with Crippen molar-refractivity contribution < 1.29 is 14.3 Å². The van der Waals surface area contributed by atoms with E-state index in [-0.39, 0.29) is 11.9 Å². The molecule has 1 fully saturated rings. The zero-order chi connectivity index (χ0) is 23.5. The van der Waals surface area contributed by atoms with Gasteiger partial charge in [0.15, 0.2) is 17.8 Å². The lowest BCUT2D eigenvalue weighted by molar-refractivity contribution is -0.111. The van der Waals surface area contributed by atoms with Crippen LogP contribution in [0.15, 0.2) is 84.0 Å². The smallest absolute Gasteiger partial charge is 0.198 e. The second-order valence-electron chi connectivity index (χ2n) is 8.30. The van der Waals surface area contributed by atoms with Crippen molar-refractivity contribution in [3.8, 4) is 5.75 Å². The number of methoxy groups -OCH3 is 1. The van der Waals surface area contributed by atoms with Gasteiger partial charge in [0.05, 0.1) is 26.0 Å². The molecule has 0 radical (unpaired) electrons. The quantitative estimate of drug-likeness (QED) is 0.546. The molecule has 5 rings (SSSR count). The molecule has 0 N–H and O–H groups in total. The van der Waals surface area contributed by atoms with Gasteiger partial charge in [-0.2, -0.15) is 0 Å². The van der Waals surface area contributed by atoms with Crippen molar-refractivity contribution in [2.45, 2.75) is 13.1 Å². The summed E-state index contributed by atoms with van der Waals surface area (Å²) in [6.45, 7) is 4.80. The van der Waals surface area contributed by atoms with Gasteiger partial charge in [-0.25, -0.2) is 5.01 Å². The predicted molar refractivity (Wildman–Crippen MR) is 135 cm³/mol. The number of Topliss-reactive ketones (excluding diaryl/α,β-unsaturated/α-hetero) is 1. The molecule has 0 spiro atoms. The highest BCUT2D eigenvalue weighted by atomic mass is 16.5. The van der Waals surface area contributed by atoms with Gasteiger partial charge in [-0.1, -0.05) is 36.4 Å². The largest absolute Gasteiger partial charge is 0.497 e. The lowest BCUT2D eigenvalue weighted by Gasteiger charge is -2.33. The molecule has 2 aliphatic heterocycles. The number of carbonyl (C=O) groups is 1. The monoisotopic (exact) mass is 456 g/mol. The third-order valence-corrected chi connectivity index (χ3v) is 6.14. The van der Waals surface area contributed by atoms with Crippen LogP contribution in [0.5, 0.6) is 5.75 Å². The van der Waals surface area contributed by atoms with Gasteiger partial charge in [0.25, 0.3) is 0 Å². The molecule has 7 nitrogen and oxygen atoms in total. The molecule has 0 aliphatic carbocycles. The number of benzene rings is 3. The van der Waals surface area contributed by atoms with E-state index in [1.165, 1.54) is 0 Å². The number of para-hydroxylation sites is 1. The van der Waals surface area contributed by atoms with E-state index in [4.69, 9.17) is 14.6 Å². The summed E-state index contributed by atoms with van der Waals surface area (Å²) >= 11 is 0. The predicted octanol–water partition coefficient (Wildman–Crippen LogP) is 4.46. The molecule has 3 aromatic carbocycles. The van der Waals surface area contributed by atoms with Crippen molar-refractivity contribution in [3.63, 3.8) is 0 Å². The molecule has 174 valence electrons. The van der Waals surface area contributed by atoms with Gasteiger partial charge in [0, 0.05) is 37.5 Å². The maximum Gasteiger partial charge on any atom is 0.198 e. The molecule has 3 aromatic rings. The molecule has 1 saturated heterocycles. The van der Waals surface area contributed by atoms with Crippen LogP contribution in [-0.2, 0) is 9.53 Å². The SMILES string of the molecule is COc1cccc(N2C(C(C)=O)=NN(c3ccccc3)[C@H]2c2ccc(N3CCOCC3)cc2)c1. The number of nitrogens with zero attached hydrogens (tertiary/aromatic N) is 4. The van der Waals surface area contributed by atoms with Crippen LogP contribution in [0.2, 0.25) is 0 Å². The van der Waals surface area contributed by atoms with Gasteiger partial charge in [0.2, 0.25) is 0 Å². The van der Waals surface area contributed by atoms with Crippen LogP contribution in [0.1, 0.15) is 18.7 Å². The minimum Gasteiger partial charge on any atom is -0.497 e. The Kier molecular flexibility index (Phi) is 6.18. The van der Waals surface area contributed by atoms with Gasteiger partial charge >= 0.3 is 0 Å². The van der Waals surface area contributed by atoms with Crippen LogP contribution in [-0.4, -0.2) is 45.0 Å². The first-order chi connectivity index (χ1) is 16.7. The first kappa shape index (κ1) is 22.0. The molecule has 2 aliphatic rings. The van der Waals surface area contributed by atoms with Crippen LogP contribution in [0, 0.1) is 0 Å². The average molecular weight is 457 g/mol. The summed E-state index contributed by atoms with van der Waals surface area (Å²) in [7, 11) is 1.64. The van der Waals surface area contributed by atoms with E-state index in [1.54, 1.807) is 14.0 Å². The third-order valence-electron chi connectivity index (χ3n) is 6.14. The van der Waals surface area contributed by atoms with Gasteiger partial charge in [0.1, 0.15) is 5.75 Å². The maximum absolute atomic E-state index is 12.7. The number of rotatable bonds is 6. The lowest BCUT2D eigenvalue weighted by Crippen LogP contribution is -2.38. The van der Waals surface area contributed by atoms with E-state index in [9.17, 15) is 4.79 Å². The topological polar surface area (TPSA) is 57.6 Å². The molecule has 0 bridgehead atoms. The standard InChI is InChI=1S/C27H28N4O3/c1-20(32)26-28-31(23-7-4-3-5-8-23)27(30(26)24-9-6-10-25(19-24)33-2)21-11-13-22(14-12-21)29-15-17-34-18-16-29/h3-14,19,27H,15-18H2,1-2H3/t27-/m0/s1. The average Bonchev–Trinajstić information content (AvgIpc) is 3.31. The summed E-state index contributed by atoms with van der Waals surface area (Å²) in [5.41, 5.74) is 3.95. The van der Waals surface area contributed by atoms with Crippen molar-refractivity contribution in [1.82, 2.24) is 0 Å². The van der Waals surface area contributed by atoms with E-state index in [2.05, 4.69) is 29.2 Å². The fourth-order valence-corrected chi connectivity index (χ4v) is 4.44. The first-order valence-corrected chi connectivity index (χ1v) is 11.5. The summed E-state index contributed by atoms with van der Waals surface area (Å²) in [4.78, 5) is 17.1. The number of ketones is 1. The number of hydrazone groups is 1. The number of amidine groups is 1. The Bertz CT molecular complexity index is 1170. The number of anilines is 3. The first-order valence-electron chi connectivity index (χ1n) is 11.5. The fourth-order valence-electron chi connectivity index (χ4n) is 4.44. The molecule has 0 aromatic heterocycles. The van der Waals surface area contributed by atoms with E-state index in [0.717, 1.165) is 54.7 Å². The highest BCUT2D eigenvalue weighted by Gasteiger charge is 2.39. The van der Waals surface area contributed by atoms with E-state index < -0.39 is 0 Å². The molecule has 7 heteroatoms. The molecule has 0 amide bonds. The molecule has 34 heavy (non-hydrogen) atoms. The van der Waals surface area contributed by atoms with Crippen molar-refractivity contribution in [1.29, 1.82) is 0 Å². The molecular formula is C27H28N4O3. The molecule has 0 unspecified atom stereocenters. The van der Waals surface area contributed by atoms with Crippen LogP contribution >= 0.6 is 0 Å². The van der Waals surface area contributed by atoms with E-state index in [1.807, 2.05) is 64.5 Å². The van der Waals surface area contributed by atoms with Crippen molar-refractivity contribution in [2.24, 2.45) is 5.10 Å². The second-order valence-corrected chi connectivity index (χ2v) is 8.30. The Morgan fingerprint density at radius 1 is 0.912 bits per heavy atom. The Morgan fingerprint density at radius 3 is 2.29 bits per heavy atom. The molecule has 1 atom stereocenters. The Balaban J connectivity index is 1.59. The summed E-state index contributed by atoms with van der Waals surface area (Å²) in [5, 5.41) is 6.72. The lowest BCUT2D eigenvalue weighted by atomic mass is 10.1. The highest BCUT2D eigenvalue weighted by Crippen LogP contribution is 2.40. The van der Waals surface area contributed by atoms with E-state index >= 15 is 0 Å². The second kappa shape index (κ2) is 9.57. The summed E-state index contributed by atoms with van der Waals surface area (Å²) in [6.07, 6.45) is -0.327. The number of ether oxygens (including phenoxy) is 2. The Hall–Kier alpha value is -3.84. The van der Waals surface area contributed by atoms with Crippen LogP contribution in [0.3, 0.4) is 0 Å². The fraction of sp³-hybridized carbons (Fsp3) is 0.259. The summed E-state index contributed by atoms with van der Waals surface area (Å²) < 4.78 is 11.0. The van der Waals surface area contributed by atoms with Crippen molar-refractivity contribution in [3.05, 3.63) is 84.4 Å². The van der Waals surface area contributed by atoms with Gasteiger partial charge in [-0.05, 0) is 42.0 Å². The zero-order valence-electron chi connectivity index (χ0n) is 19.4. The molecule has 0 saturated carbocycles. The number of morpholine rings is 1. The minimum absolute atomic E-state index is 0.101. The summed E-state index contributed by atoms with van der Waals surface area (Å²) in [6, 6.07) is 26.2. The van der Waals surface area contributed by atoms with Crippen LogP contribution in [0.25, 0.3) is 0 Å². The van der Waals surface area contributed by atoms with Crippen LogP contribution < -0.4 is 19.5 Å². The molecular weight excluding hydrogens is 428 g/mol. The van der Waals surface area contributed by atoms with Gasteiger partial charge in [-0.3, -0.25) is 9.69 Å². The maximum atomic E-state index is 12.7. The normalized spacial score (nSPS) is 18.1. The van der Waals surface area contributed by atoms with Gasteiger partial charge < -0.3 is 14.4 Å². The van der Waals surface area contributed by atoms with Gasteiger partial charge in [-0.15, -0.1) is 5.10 Å². The van der Waals surface area contributed by atoms with E-state index in [0.29, 0.717) is 5.84 Å². The Labute approximate surface area is 199 Å². The highest BCUT2D eigenvalue weighted by molar-refractivity contribution is 6.44. The number of carbonyl (C=O) groups excluding carboxylic acids is 1. The van der Waals surface area contributed by atoms with Crippen molar-refractivity contribution in [2.75, 3.05) is 48.2 Å². The van der Waals surface area contributed by atoms with Crippen molar-refractivity contribution >= 4 is 28.7 Å². The summed E-state index contributed by atoms with van der Waals surface area (Å²) in [5.74, 6) is 1.01. The van der Waals surface area contributed by atoms with Crippen LogP contribution in [0.4, 0.5) is 17.1 Å². The molecule has 2 heterocycles. The minimum atomic E-state index is -0.327.